The molecule has 0 atom stereocenters. The molecule has 0 N–H and O–H groups in total. The highest BCUT2D eigenvalue weighted by Crippen LogP contribution is 2.39. The van der Waals surface area contributed by atoms with E-state index in [9.17, 15) is 0 Å². The highest BCUT2D eigenvalue weighted by atomic mass is 16.3. The van der Waals surface area contributed by atoms with Gasteiger partial charge < -0.3 is 4.42 Å². The molecule has 0 saturated heterocycles. The zero-order valence-electron chi connectivity index (χ0n) is 25.1. The Morgan fingerprint density at radius 3 is 1.98 bits per heavy atom. The number of aromatic nitrogens is 4. The van der Waals surface area contributed by atoms with Gasteiger partial charge in [0.1, 0.15) is 11.2 Å². The molecule has 0 bridgehead atoms. The van der Waals surface area contributed by atoms with Crippen molar-refractivity contribution in [3.8, 4) is 34.2 Å². The van der Waals surface area contributed by atoms with E-state index in [0.29, 0.717) is 17.5 Å². The lowest BCUT2D eigenvalue weighted by Crippen LogP contribution is -2.00. The number of furan rings is 1. The molecule has 0 radical (unpaired) electrons. The van der Waals surface area contributed by atoms with Crippen molar-refractivity contribution in [2.75, 3.05) is 0 Å². The summed E-state index contributed by atoms with van der Waals surface area (Å²) in [5, 5.41) is 9.99. The number of rotatable bonds is 3. The topological polar surface area (TPSA) is 64.7 Å². The van der Waals surface area contributed by atoms with Crippen LogP contribution in [0.1, 0.15) is 0 Å². The molecule has 0 fully saturated rings. The summed E-state index contributed by atoms with van der Waals surface area (Å²) in [5.41, 5.74) is 5.23. The number of benzene rings is 7. The van der Waals surface area contributed by atoms with Gasteiger partial charge in [0.25, 0.3) is 0 Å². The predicted molar refractivity (Wildman–Crippen MR) is 191 cm³/mol. The number of nitrogens with zero attached hydrogens (tertiary/aromatic N) is 4. The minimum absolute atomic E-state index is 0.593. The van der Waals surface area contributed by atoms with Crippen LogP contribution in [-0.4, -0.2) is 19.9 Å². The van der Waals surface area contributed by atoms with Gasteiger partial charge in [-0.25, -0.2) is 15.0 Å². The normalized spacial score (nSPS) is 11.8. The zero-order valence-corrected chi connectivity index (χ0v) is 25.1. The predicted octanol–water partition coefficient (Wildman–Crippen LogP) is 10.8. The molecule has 5 heteroatoms. The van der Waals surface area contributed by atoms with Gasteiger partial charge in [0.2, 0.25) is 0 Å². The first-order valence-electron chi connectivity index (χ1n) is 15.6. The van der Waals surface area contributed by atoms with Gasteiger partial charge in [-0.05, 0) is 74.8 Å². The van der Waals surface area contributed by atoms with Crippen LogP contribution in [0.4, 0.5) is 0 Å². The van der Waals surface area contributed by atoms with E-state index in [0.717, 1.165) is 54.9 Å². The zero-order chi connectivity index (χ0) is 30.9. The molecule has 10 rings (SSSR count). The van der Waals surface area contributed by atoms with Crippen LogP contribution in [0.15, 0.2) is 150 Å². The van der Waals surface area contributed by atoms with E-state index in [4.69, 9.17) is 19.4 Å². The fourth-order valence-corrected chi connectivity index (χ4v) is 6.85. The smallest absolute Gasteiger partial charge is 0.164 e. The lowest BCUT2D eigenvalue weighted by molar-refractivity contribution is 0.672. The standard InChI is InChI=1S/C42H24N4O/c1-2-9-28-23-29(18-14-25(28)7-1)40-44-41(30-19-17-27-16-15-26-8-3-4-10-31(26)35(27)24-30)46-42(45-40)34-11-5-13-37-38(34)33-20-21-36-32(39(33)47-37)12-6-22-43-36/h1-24H. The van der Waals surface area contributed by atoms with E-state index < -0.39 is 0 Å². The Hall–Kier alpha value is -6.46. The van der Waals surface area contributed by atoms with E-state index in [1.807, 2.05) is 24.3 Å². The van der Waals surface area contributed by atoms with Gasteiger partial charge in [-0.1, -0.05) is 97.1 Å². The molecule has 218 valence electrons. The Kier molecular flexibility index (Phi) is 5.51. The Morgan fingerprint density at radius 1 is 0.426 bits per heavy atom. The van der Waals surface area contributed by atoms with Crippen LogP contribution in [0.3, 0.4) is 0 Å². The fourth-order valence-electron chi connectivity index (χ4n) is 6.85. The molecule has 0 spiro atoms. The Bertz CT molecular complexity index is 2870. The Labute approximate surface area is 268 Å². The molecule has 0 saturated carbocycles. The minimum Gasteiger partial charge on any atom is -0.455 e. The van der Waals surface area contributed by atoms with Crippen molar-refractivity contribution < 1.29 is 4.42 Å². The molecular weight excluding hydrogens is 576 g/mol. The first kappa shape index (κ1) is 25.8. The maximum absolute atomic E-state index is 6.48. The fraction of sp³-hybridized carbons (Fsp3) is 0. The average molecular weight is 601 g/mol. The van der Waals surface area contributed by atoms with Crippen LogP contribution >= 0.6 is 0 Å². The quantitative estimate of drug-likeness (QED) is 0.189. The molecule has 0 aliphatic rings. The van der Waals surface area contributed by atoms with Crippen molar-refractivity contribution in [1.82, 2.24) is 19.9 Å². The first-order chi connectivity index (χ1) is 23.3. The van der Waals surface area contributed by atoms with E-state index in [2.05, 4.69) is 120 Å². The summed E-state index contributed by atoms with van der Waals surface area (Å²) in [6.45, 7) is 0. The van der Waals surface area contributed by atoms with Gasteiger partial charge in [0.05, 0.1) is 5.52 Å². The second kappa shape index (κ2) is 10.0. The van der Waals surface area contributed by atoms with Crippen LogP contribution < -0.4 is 0 Å². The number of pyridine rings is 1. The highest BCUT2D eigenvalue weighted by molar-refractivity contribution is 6.18. The van der Waals surface area contributed by atoms with Crippen molar-refractivity contribution in [3.63, 3.8) is 0 Å². The summed E-state index contributed by atoms with van der Waals surface area (Å²) < 4.78 is 6.48. The molecule has 47 heavy (non-hydrogen) atoms. The molecule has 0 aliphatic carbocycles. The second-order valence-electron chi connectivity index (χ2n) is 11.9. The third kappa shape index (κ3) is 4.10. The van der Waals surface area contributed by atoms with Crippen LogP contribution in [0.5, 0.6) is 0 Å². The van der Waals surface area contributed by atoms with Crippen molar-refractivity contribution in [1.29, 1.82) is 0 Å². The number of fused-ring (bicyclic) bond motifs is 9. The monoisotopic (exact) mass is 600 g/mol. The molecule has 3 heterocycles. The van der Waals surface area contributed by atoms with E-state index in [-0.39, 0.29) is 0 Å². The molecule has 10 aromatic rings. The average Bonchev–Trinajstić information content (AvgIpc) is 3.54. The van der Waals surface area contributed by atoms with Crippen molar-refractivity contribution >= 4 is 65.2 Å². The van der Waals surface area contributed by atoms with Crippen molar-refractivity contribution in [3.05, 3.63) is 146 Å². The molecule has 0 amide bonds. The van der Waals surface area contributed by atoms with Crippen molar-refractivity contribution in [2.45, 2.75) is 0 Å². The van der Waals surface area contributed by atoms with E-state index in [1.165, 1.54) is 26.9 Å². The van der Waals surface area contributed by atoms with E-state index >= 15 is 0 Å². The van der Waals surface area contributed by atoms with Crippen LogP contribution in [-0.2, 0) is 0 Å². The largest absolute Gasteiger partial charge is 0.455 e. The van der Waals surface area contributed by atoms with Gasteiger partial charge in [-0.3, -0.25) is 4.98 Å². The molecule has 0 unspecified atom stereocenters. The third-order valence-electron chi connectivity index (χ3n) is 9.13. The number of hydrogen-bond acceptors (Lipinski definition) is 5. The molecule has 3 aromatic heterocycles. The summed E-state index contributed by atoms with van der Waals surface area (Å²) in [7, 11) is 0. The van der Waals surface area contributed by atoms with E-state index in [1.54, 1.807) is 6.20 Å². The van der Waals surface area contributed by atoms with Crippen LogP contribution in [0, 0.1) is 0 Å². The summed E-state index contributed by atoms with van der Waals surface area (Å²) >= 11 is 0. The van der Waals surface area contributed by atoms with Gasteiger partial charge in [-0.15, -0.1) is 0 Å². The maximum Gasteiger partial charge on any atom is 0.164 e. The third-order valence-corrected chi connectivity index (χ3v) is 9.13. The van der Waals surface area contributed by atoms with Gasteiger partial charge in [-0.2, -0.15) is 0 Å². The minimum atomic E-state index is 0.593. The summed E-state index contributed by atoms with van der Waals surface area (Å²) in [6, 6.07) is 48.2. The Morgan fingerprint density at radius 2 is 1.11 bits per heavy atom. The molecule has 5 nitrogen and oxygen atoms in total. The first-order valence-corrected chi connectivity index (χ1v) is 15.6. The van der Waals surface area contributed by atoms with Gasteiger partial charge >= 0.3 is 0 Å². The van der Waals surface area contributed by atoms with Gasteiger partial charge in [0.15, 0.2) is 17.5 Å². The molecular formula is C42H24N4O. The highest BCUT2D eigenvalue weighted by Gasteiger charge is 2.19. The van der Waals surface area contributed by atoms with Crippen molar-refractivity contribution in [2.24, 2.45) is 0 Å². The summed E-state index contributed by atoms with van der Waals surface area (Å²) in [4.78, 5) is 20.0. The summed E-state index contributed by atoms with van der Waals surface area (Å²) in [5.74, 6) is 1.83. The Balaban J connectivity index is 1.25. The number of hydrogen-bond donors (Lipinski definition) is 0. The lowest BCUT2D eigenvalue weighted by Gasteiger charge is -2.11. The maximum atomic E-state index is 6.48. The van der Waals surface area contributed by atoms with Crippen LogP contribution in [0.2, 0.25) is 0 Å². The molecule has 0 aliphatic heterocycles. The van der Waals surface area contributed by atoms with Gasteiger partial charge in [0, 0.05) is 39.0 Å². The SMILES string of the molecule is c1ccc2cc(-c3nc(-c4ccc5ccc6ccccc6c5c4)nc(-c4cccc5oc6c7cccnc7ccc6c45)n3)ccc2c1. The lowest BCUT2D eigenvalue weighted by atomic mass is 9.99. The van der Waals surface area contributed by atoms with Crippen LogP contribution in [0.25, 0.3) is 99.3 Å². The molecule has 7 aromatic carbocycles. The second-order valence-corrected chi connectivity index (χ2v) is 11.9. The summed E-state index contributed by atoms with van der Waals surface area (Å²) in [6.07, 6.45) is 1.80.